The van der Waals surface area contributed by atoms with E-state index < -0.39 is 18.2 Å². The van der Waals surface area contributed by atoms with Crippen molar-refractivity contribution in [2.45, 2.75) is 37.7 Å². The minimum atomic E-state index is -0.816. The van der Waals surface area contributed by atoms with E-state index in [-0.39, 0.29) is 6.03 Å². The van der Waals surface area contributed by atoms with Gasteiger partial charge in [-0.2, -0.15) is 0 Å². The van der Waals surface area contributed by atoms with E-state index in [9.17, 15) is 9.90 Å². The van der Waals surface area contributed by atoms with Crippen molar-refractivity contribution in [2.75, 3.05) is 0 Å². The minimum Gasteiger partial charge on any atom is -0.388 e. The Labute approximate surface area is 264 Å². The molecular formula is C41H36N2O2. The largest absolute Gasteiger partial charge is 0.388 e. The highest BCUT2D eigenvalue weighted by Gasteiger charge is 2.45. The van der Waals surface area contributed by atoms with Crippen LogP contribution in [-0.4, -0.2) is 39.1 Å². The van der Waals surface area contributed by atoms with Gasteiger partial charge in [-0.05, 0) is 62.4 Å². The summed E-state index contributed by atoms with van der Waals surface area (Å²) in [7, 11) is 0. The standard InChI is InChI=1S/C41H36N2O2/c44-40-38(24-21-30-11-3-1-4-12-30)42(28-32-19-22-34-15-7-9-17-36(34)25-32)41(45)43(39(40)27-31-13-5-2-6-14-31)29-33-20-23-35-16-8-10-18-37(35)26-33/h1-26,38-40,44H,27-29H2/t38?,39-,40-/m1/s1. The van der Waals surface area contributed by atoms with Gasteiger partial charge in [-0.15, -0.1) is 0 Å². The first-order chi connectivity index (χ1) is 22.1. The number of fused-ring (bicyclic) bond motifs is 2. The predicted molar refractivity (Wildman–Crippen MR) is 184 cm³/mol. The zero-order valence-corrected chi connectivity index (χ0v) is 25.1. The quantitative estimate of drug-likeness (QED) is 0.194. The number of aliphatic hydroxyl groups is 1. The summed E-state index contributed by atoms with van der Waals surface area (Å²) >= 11 is 0. The Balaban J connectivity index is 1.29. The SMILES string of the molecule is O=C1N(Cc2ccc3ccccc3c2)C(C=Cc2ccccc2)[C@@H](O)[C@@H](Cc2ccccc2)N1Cc1ccc2ccccc2c1. The third kappa shape index (κ3) is 6.24. The lowest BCUT2D eigenvalue weighted by Gasteiger charge is -2.48. The van der Waals surface area contributed by atoms with Gasteiger partial charge in [0.2, 0.25) is 0 Å². The van der Waals surface area contributed by atoms with Crippen molar-refractivity contribution in [1.82, 2.24) is 9.80 Å². The number of carbonyl (C=O) groups is 1. The minimum absolute atomic E-state index is 0.0785. The molecule has 1 saturated heterocycles. The molecule has 0 aliphatic carbocycles. The van der Waals surface area contributed by atoms with E-state index in [1.807, 2.05) is 94.7 Å². The molecule has 7 rings (SSSR count). The average Bonchev–Trinajstić information content (AvgIpc) is 3.09. The fourth-order valence-electron chi connectivity index (χ4n) is 6.53. The second kappa shape index (κ2) is 12.8. The van der Waals surface area contributed by atoms with Crippen molar-refractivity contribution >= 4 is 33.7 Å². The van der Waals surface area contributed by atoms with Crippen LogP contribution in [-0.2, 0) is 19.5 Å². The third-order valence-corrected chi connectivity index (χ3v) is 8.90. The molecule has 1 fully saturated rings. The maximum Gasteiger partial charge on any atom is 0.321 e. The Bertz CT molecular complexity index is 1950. The second-order valence-corrected chi connectivity index (χ2v) is 11.9. The van der Waals surface area contributed by atoms with Gasteiger partial charge in [0.25, 0.3) is 0 Å². The lowest BCUT2D eigenvalue weighted by atomic mass is 9.90. The predicted octanol–water partition coefficient (Wildman–Crippen LogP) is 8.49. The Morgan fingerprint density at radius 1 is 0.556 bits per heavy atom. The van der Waals surface area contributed by atoms with Gasteiger partial charge >= 0.3 is 6.03 Å². The molecule has 0 saturated carbocycles. The number of nitrogens with zero attached hydrogens (tertiary/aromatic N) is 2. The lowest BCUT2D eigenvalue weighted by Crippen LogP contribution is -2.65. The molecule has 1 aliphatic rings. The summed E-state index contributed by atoms with van der Waals surface area (Å²) in [5.41, 5.74) is 4.18. The number of hydrogen-bond donors (Lipinski definition) is 1. The van der Waals surface area contributed by atoms with Crippen molar-refractivity contribution in [2.24, 2.45) is 0 Å². The third-order valence-electron chi connectivity index (χ3n) is 8.90. The van der Waals surface area contributed by atoms with Crippen LogP contribution in [0.5, 0.6) is 0 Å². The van der Waals surface area contributed by atoms with Gasteiger partial charge < -0.3 is 14.9 Å². The first kappa shape index (κ1) is 28.6. The van der Waals surface area contributed by atoms with Crippen LogP contribution in [0.25, 0.3) is 27.6 Å². The first-order valence-electron chi connectivity index (χ1n) is 15.6. The number of aliphatic hydroxyl groups excluding tert-OH is 1. The summed E-state index contributed by atoms with van der Waals surface area (Å²) in [4.78, 5) is 18.5. The molecule has 1 aliphatic heterocycles. The van der Waals surface area contributed by atoms with Gasteiger partial charge in [-0.25, -0.2) is 4.79 Å². The smallest absolute Gasteiger partial charge is 0.321 e. The maximum atomic E-state index is 14.7. The maximum absolute atomic E-state index is 14.7. The number of urea groups is 1. The molecule has 4 heteroatoms. The molecular weight excluding hydrogens is 552 g/mol. The molecule has 1 unspecified atom stereocenters. The van der Waals surface area contributed by atoms with Crippen LogP contribution < -0.4 is 0 Å². The summed E-state index contributed by atoms with van der Waals surface area (Å²) in [5.74, 6) is 0. The molecule has 1 heterocycles. The molecule has 6 aromatic carbocycles. The van der Waals surface area contributed by atoms with Crippen LogP contribution in [0.2, 0.25) is 0 Å². The van der Waals surface area contributed by atoms with Gasteiger partial charge in [0.1, 0.15) is 0 Å². The summed E-state index contributed by atoms with van der Waals surface area (Å²) in [6.45, 7) is 0.790. The zero-order chi connectivity index (χ0) is 30.6. The van der Waals surface area contributed by atoms with Gasteiger partial charge in [-0.1, -0.05) is 146 Å². The number of rotatable bonds is 8. The van der Waals surface area contributed by atoms with Gasteiger partial charge in [-0.3, -0.25) is 0 Å². The fraction of sp³-hybridized carbons (Fsp3) is 0.146. The number of carbonyl (C=O) groups excluding carboxylic acids is 1. The molecule has 0 spiro atoms. The topological polar surface area (TPSA) is 43.8 Å². The average molecular weight is 589 g/mol. The highest BCUT2D eigenvalue weighted by Crippen LogP contribution is 2.31. The van der Waals surface area contributed by atoms with Crippen molar-refractivity contribution in [3.05, 3.63) is 174 Å². The molecule has 45 heavy (non-hydrogen) atoms. The molecule has 2 amide bonds. The molecule has 222 valence electrons. The number of amides is 2. The molecule has 4 nitrogen and oxygen atoms in total. The van der Waals surface area contributed by atoms with E-state index in [4.69, 9.17) is 0 Å². The van der Waals surface area contributed by atoms with Crippen LogP contribution in [0.15, 0.2) is 152 Å². The van der Waals surface area contributed by atoms with Crippen molar-refractivity contribution in [1.29, 1.82) is 0 Å². The van der Waals surface area contributed by atoms with Crippen molar-refractivity contribution in [3.63, 3.8) is 0 Å². The Morgan fingerprint density at radius 2 is 1.07 bits per heavy atom. The van der Waals surface area contributed by atoms with E-state index in [2.05, 4.69) is 72.8 Å². The van der Waals surface area contributed by atoms with Crippen LogP contribution in [0.4, 0.5) is 4.79 Å². The monoisotopic (exact) mass is 588 g/mol. The van der Waals surface area contributed by atoms with Gasteiger partial charge in [0.15, 0.2) is 0 Å². The summed E-state index contributed by atoms with van der Waals surface area (Å²) < 4.78 is 0. The Morgan fingerprint density at radius 3 is 1.67 bits per heavy atom. The van der Waals surface area contributed by atoms with Crippen LogP contribution >= 0.6 is 0 Å². The molecule has 3 atom stereocenters. The first-order valence-corrected chi connectivity index (χ1v) is 15.6. The van der Waals surface area contributed by atoms with Gasteiger partial charge in [0, 0.05) is 13.1 Å². The number of hydrogen-bond acceptors (Lipinski definition) is 2. The lowest BCUT2D eigenvalue weighted by molar-refractivity contribution is -0.0278. The van der Waals surface area contributed by atoms with Crippen molar-refractivity contribution < 1.29 is 9.90 Å². The zero-order valence-electron chi connectivity index (χ0n) is 25.1. The Hall–Kier alpha value is -5.19. The molecule has 6 aromatic rings. The highest BCUT2D eigenvalue weighted by atomic mass is 16.3. The number of benzene rings is 6. The van der Waals surface area contributed by atoms with Crippen molar-refractivity contribution in [3.8, 4) is 0 Å². The molecule has 0 aromatic heterocycles. The second-order valence-electron chi connectivity index (χ2n) is 11.9. The highest BCUT2D eigenvalue weighted by molar-refractivity contribution is 5.84. The van der Waals surface area contributed by atoms with E-state index in [1.54, 1.807) is 0 Å². The fourth-order valence-corrected chi connectivity index (χ4v) is 6.53. The molecule has 1 N–H and O–H groups in total. The summed E-state index contributed by atoms with van der Waals surface area (Å²) in [5, 5.41) is 16.8. The Kier molecular flexibility index (Phi) is 8.13. The normalized spacial score (nSPS) is 18.7. The van der Waals surface area contributed by atoms with Crippen LogP contribution in [0.1, 0.15) is 22.3 Å². The molecule has 0 radical (unpaired) electrons. The van der Waals surface area contributed by atoms with Crippen LogP contribution in [0, 0.1) is 0 Å². The van der Waals surface area contributed by atoms with E-state index in [0.717, 1.165) is 43.8 Å². The summed E-state index contributed by atoms with van der Waals surface area (Å²) in [6.07, 6.45) is 3.77. The van der Waals surface area contributed by atoms with Gasteiger partial charge in [0.05, 0.1) is 18.2 Å². The summed E-state index contributed by atoms with van der Waals surface area (Å²) in [6, 6.07) is 48.5. The van der Waals surface area contributed by atoms with Crippen LogP contribution in [0.3, 0.4) is 0 Å². The van der Waals surface area contributed by atoms with E-state index in [0.29, 0.717) is 19.5 Å². The van der Waals surface area contributed by atoms with E-state index >= 15 is 0 Å². The molecule has 0 bridgehead atoms. The van der Waals surface area contributed by atoms with E-state index in [1.165, 1.54) is 0 Å².